The van der Waals surface area contributed by atoms with E-state index < -0.39 is 0 Å². The summed E-state index contributed by atoms with van der Waals surface area (Å²) in [6, 6.07) is 15.0. The largest absolute Gasteiger partial charge is 0.381 e. The van der Waals surface area contributed by atoms with Gasteiger partial charge in [-0.2, -0.15) is 0 Å². The number of fused-ring (bicyclic) bond motifs is 1. The maximum absolute atomic E-state index is 4.14. The summed E-state index contributed by atoms with van der Waals surface area (Å²) in [7, 11) is 0. The van der Waals surface area contributed by atoms with Crippen molar-refractivity contribution in [2.24, 2.45) is 0 Å². The van der Waals surface area contributed by atoms with Crippen molar-refractivity contribution in [1.29, 1.82) is 0 Å². The summed E-state index contributed by atoms with van der Waals surface area (Å²) in [6.45, 7) is 5.09. The fraction of sp³-hybridized carbons (Fsp3) is 0.167. The number of nitrogens with zero attached hydrogens (tertiary/aromatic N) is 1. The number of hydrogen-bond donors (Lipinski definition) is 1. The predicted molar refractivity (Wildman–Crippen MR) is 85.0 cm³/mol. The van der Waals surface area contributed by atoms with Gasteiger partial charge in [0.1, 0.15) is 0 Å². The van der Waals surface area contributed by atoms with Crippen LogP contribution in [0.15, 0.2) is 54.9 Å². The smallest absolute Gasteiger partial charge is 0.0401 e. The summed E-state index contributed by atoms with van der Waals surface area (Å²) in [5.41, 5.74) is 5.07. The lowest BCUT2D eigenvalue weighted by atomic mass is 10.1. The number of nitrogens with one attached hydrogen (secondary N) is 1. The lowest BCUT2D eigenvalue weighted by Gasteiger charge is -2.11. The van der Waals surface area contributed by atoms with Gasteiger partial charge in [0.05, 0.1) is 0 Å². The molecule has 2 aromatic carbocycles. The van der Waals surface area contributed by atoms with E-state index in [9.17, 15) is 0 Å². The van der Waals surface area contributed by atoms with Crippen molar-refractivity contribution in [1.82, 2.24) is 4.98 Å². The predicted octanol–water partition coefficient (Wildman–Crippen LogP) is 4.46. The molecule has 0 aliphatic rings. The molecule has 100 valence electrons. The monoisotopic (exact) mass is 262 g/mol. The fourth-order valence-corrected chi connectivity index (χ4v) is 2.45. The molecule has 0 fully saturated rings. The first-order chi connectivity index (χ1) is 9.72. The number of anilines is 1. The minimum absolute atomic E-state index is 0.835. The Bertz CT molecular complexity index is 747. The third kappa shape index (κ3) is 2.64. The van der Waals surface area contributed by atoms with Gasteiger partial charge in [0.15, 0.2) is 0 Å². The molecule has 3 rings (SSSR count). The summed E-state index contributed by atoms with van der Waals surface area (Å²) in [5, 5.41) is 5.92. The Kier molecular flexibility index (Phi) is 3.38. The van der Waals surface area contributed by atoms with Crippen LogP contribution in [0.2, 0.25) is 0 Å². The van der Waals surface area contributed by atoms with Gasteiger partial charge in [0, 0.05) is 30.0 Å². The molecule has 0 aliphatic heterocycles. The van der Waals surface area contributed by atoms with Crippen molar-refractivity contribution in [2.75, 3.05) is 5.32 Å². The van der Waals surface area contributed by atoms with Crippen molar-refractivity contribution in [3.05, 3.63) is 71.5 Å². The highest BCUT2D eigenvalue weighted by atomic mass is 14.9. The summed E-state index contributed by atoms with van der Waals surface area (Å²) >= 11 is 0. The SMILES string of the molecule is Cc1ccc(NCc2ccc3cnccc3c2)c(C)c1. The average Bonchev–Trinajstić information content (AvgIpc) is 2.46. The van der Waals surface area contributed by atoms with Gasteiger partial charge >= 0.3 is 0 Å². The van der Waals surface area contributed by atoms with E-state index in [1.54, 1.807) is 0 Å². The Morgan fingerprint density at radius 1 is 0.950 bits per heavy atom. The number of hydrogen-bond acceptors (Lipinski definition) is 2. The third-order valence-electron chi connectivity index (χ3n) is 3.57. The first kappa shape index (κ1) is 12.7. The van der Waals surface area contributed by atoms with E-state index >= 15 is 0 Å². The van der Waals surface area contributed by atoms with E-state index in [0.29, 0.717) is 0 Å². The van der Waals surface area contributed by atoms with Gasteiger partial charge in [-0.25, -0.2) is 0 Å². The molecule has 0 atom stereocenters. The lowest BCUT2D eigenvalue weighted by molar-refractivity contribution is 1.14. The molecule has 1 N–H and O–H groups in total. The van der Waals surface area contributed by atoms with Crippen LogP contribution in [0, 0.1) is 13.8 Å². The molecule has 1 heterocycles. The van der Waals surface area contributed by atoms with Gasteiger partial charge in [0.2, 0.25) is 0 Å². The quantitative estimate of drug-likeness (QED) is 0.753. The standard InChI is InChI=1S/C18H18N2/c1-13-3-6-18(14(2)9-13)20-11-15-4-5-17-12-19-8-7-16(17)10-15/h3-10,12,20H,11H2,1-2H3. The zero-order chi connectivity index (χ0) is 13.9. The summed E-state index contributed by atoms with van der Waals surface area (Å²) < 4.78 is 0. The van der Waals surface area contributed by atoms with Gasteiger partial charge in [-0.05, 0) is 48.6 Å². The minimum atomic E-state index is 0.835. The second-order valence-electron chi connectivity index (χ2n) is 5.23. The topological polar surface area (TPSA) is 24.9 Å². The van der Waals surface area contributed by atoms with Gasteiger partial charge in [0.25, 0.3) is 0 Å². The number of aryl methyl sites for hydroxylation is 2. The highest BCUT2D eigenvalue weighted by Gasteiger charge is 2.00. The molecular weight excluding hydrogens is 244 g/mol. The molecule has 2 nitrogen and oxygen atoms in total. The highest BCUT2D eigenvalue weighted by molar-refractivity contribution is 5.82. The highest BCUT2D eigenvalue weighted by Crippen LogP contribution is 2.19. The normalized spacial score (nSPS) is 10.7. The second kappa shape index (κ2) is 5.33. The molecule has 0 unspecified atom stereocenters. The van der Waals surface area contributed by atoms with E-state index in [1.807, 2.05) is 12.4 Å². The molecule has 20 heavy (non-hydrogen) atoms. The molecule has 0 amide bonds. The zero-order valence-electron chi connectivity index (χ0n) is 11.9. The van der Waals surface area contributed by atoms with Crippen molar-refractivity contribution < 1.29 is 0 Å². The van der Waals surface area contributed by atoms with Crippen LogP contribution in [0.1, 0.15) is 16.7 Å². The maximum Gasteiger partial charge on any atom is 0.0401 e. The molecule has 0 radical (unpaired) electrons. The van der Waals surface area contributed by atoms with E-state index in [-0.39, 0.29) is 0 Å². The number of benzene rings is 2. The molecule has 0 saturated carbocycles. The Morgan fingerprint density at radius 2 is 1.85 bits per heavy atom. The van der Waals surface area contributed by atoms with Gasteiger partial charge < -0.3 is 5.32 Å². The van der Waals surface area contributed by atoms with Gasteiger partial charge in [-0.3, -0.25) is 4.98 Å². The number of aromatic nitrogens is 1. The van der Waals surface area contributed by atoms with Crippen molar-refractivity contribution in [3.8, 4) is 0 Å². The fourth-order valence-electron chi connectivity index (χ4n) is 2.45. The van der Waals surface area contributed by atoms with Crippen molar-refractivity contribution >= 4 is 16.5 Å². The van der Waals surface area contributed by atoms with Crippen LogP contribution < -0.4 is 5.32 Å². The summed E-state index contributed by atoms with van der Waals surface area (Å²) in [6.07, 6.45) is 3.74. The van der Waals surface area contributed by atoms with Crippen molar-refractivity contribution in [2.45, 2.75) is 20.4 Å². The lowest BCUT2D eigenvalue weighted by Crippen LogP contribution is -2.01. The van der Waals surface area contributed by atoms with Crippen LogP contribution in [-0.4, -0.2) is 4.98 Å². The van der Waals surface area contributed by atoms with E-state index in [2.05, 4.69) is 66.6 Å². The summed E-state index contributed by atoms with van der Waals surface area (Å²) in [5.74, 6) is 0. The van der Waals surface area contributed by atoms with Crippen LogP contribution in [0.5, 0.6) is 0 Å². The van der Waals surface area contributed by atoms with E-state index in [1.165, 1.54) is 33.2 Å². The Labute approximate surface area is 119 Å². The van der Waals surface area contributed by atoms with Crippen molar-refractivity contribution in [3.63, 3.8) is 0 Å². The maximum atomic E-state index is 4.14. The molecule has 0 aliphatic carbocycles. The number of pyridine rings is 1. The molecule has 0 bridgehead atoms. The first-order valence-corrected chi connectivity index (χ1v) is 6.86. The van der Waals surface area contributed by atoms with Crippen LogP contribution in [0.3, 0.4) is 0 Å². The molecule has 3 aromatic rings. The second-order valence-corrected chi connectivity index (χ2v) is 5.23. The van der Waals surface area contributed by atoms with Crippen LogP contribution in [0.25, 0.3) is 10.8 Å². The van der Waals surface area contributed by atoms with E-state index in [0.717, 1.165) is 6.54 Å². The summed E-state index contributed by atoms with van der Waals surface area (Å²) in [4.78, 5) is 4.14. The Morgan fingerprint density at radius 3 is 2.70 bits per heavy atom. The van der Waals surface area contributed by atoms with Crippen LogP contribution in [-0.2, 0) is 6.54 Å². The number of rotatable bonds is 3. The van der Waals surface area contributed by atoms with Gasteiger partial charge in [-0.15, -0.1) is 0 Å². The minimum Gasteiger partial charge on any atom is -0.381 e. The third-order valence-corrected chi connectivity index (χ3v) is 3.57. The molecule has 1 aromatic heterocycles. The van der Waals surface area contributed by atoms with Gasteiger partial charge in [-0.1, -0.05) is 29.8 Å². The van der Waals surface area contributed by atoms with Crippen LogP contribution in [0.4, 0.5) is 5.69 Å². The molecule has 0 spiro atoms. The molecule has 0 saturated heterocycles. The molecular formula is C18H18N2. The van der Waals surface area contributed by atoms with E-state index in [4.69, 9.17) is 0 Å². The molecule has 2 heteroatoms. The first-order valence-electron chi connectivity index (χ1n) is 6.86. The van der Waals surface area contributed by atoms with Crippen LogP contribution >= 0.6 is 0 Å². The average molecular weight is 262 g/mol. The zero-order valence-corrected chi connectivity index (χ0v) is 11.9. The Balaban J connectivity index is 1.79. The Hall–Kier alpha value is -2.35.